The van der Waals surface area contributed by atoms with Gasteiger partial charge in [-0.3, -0.25) is 0 Å². The van der Waals surface area contributed by atoms with Crippen molar-refractivity contribution < 1.29 is 14.6 Å². The normalized spacial score (nSPS) is 12.9. The quantitative estimate of drug-likeness (QED) is 0.668. The van der Waals surface area contributed by atoms with Crippen LogP contribution in [0.3, 0.4) is 0 Å². The van der Waals surface area contributed by atoms with Gasteiger partial charge in [0.1, 0.15) is 5.82 Å². The lowest BCUT2D eigenvalue weighted by atomic mass is 9.99. The largest absolute Gasteiger partial charge is 0.394 e. The van der Waals surface area contributed by atoms with Crippen molar-refractivity contribution in [2.45, 2.75) is 19.6 Å². The lowest BCUT2D eigenvalue weighted by Crippen LogP contribution is -2.17. The van der Waals surface area contributed by atoms with Crippen LogP contribution < -0.4 is 5.73 Å². The average molecular weight is 199 g/mol. The zero-order valence-corrected chi connectivity index (χ0v) is 8.00. The van der Waals surface area contributed by atoms with Gasteiger partial charge < -0.3 is 15.9 Å². The van der Waals surface area contributed by atoms with Crippen LogP contribution in [-0.4, -0.2) is 16.8 Å². The van der Waals surface area contributed by atoms with Gasteiger partial charge in [-0.1, -0.05) is 6.07 Å². The van der Waals surface area contributed by atoms with Crippen LogP contribution in [0, 0.1) is 12.7 Å². The number of aliphatic hydroxyl groups excluding tert-OH is 2. The van der Waals surface area contributed by atoms with Crippen LogP contribution in [0.15, 0.2) is 12.1 Å². The summed E-state index contributed by atoms with van der Waals surface area (Å²) in [4.78, 5) is 0. The fourth-order valence-corrected chi connectivity index (χ4v) is 1.34. The summed E-state index contributed by atoms with van der Waals surface area (Å²) in [5.74, 6) is -0.374. The van der Waals surface area contributed by atoms with E-state index >= 15 is 0 Å². The number of aryl methyl sites for hydroxylation is 1. The van der Waals surface area contributed by atoms with Crippen molar-refractivity contribution >= 4 is 0 Å². The van der Waals surface area contributed by atoms with Gasteiger partial charge in [-0.2, -0.15) is 0 Å². The second-order valence-corrected chi connectivity index (χ2v) is 3.25. The molecule has 0 bridgehead atoms. The molecular formula is C10H14FNO2. The van der Waals surface area contributed by atoms with Gasteiger partial charge in [-0.05, 0) is 29.7 Å². The molecule has 0 saturated heterocycles. The van der Waals surface area contributed by atoms with E-state index in [-0.39, 0.29) is 19.0 Å². The molecule has 1 aromatic carbocycles. The first kappa shape index (κ1) is 11.1. The van der Waals surface area contributed by atoms with Crippen molar-refractivity contribution in [1.82, 2.24) is 0 Å². The predicted octanol–water partition coefficient (Wildman–Crippen LogP) is 0.619. The van der Waals surface area contributed by atoms with Gasteiger partial charge in [-0.25, -0.2) is 4.39 Å². The predicted molar refractivity (Wildman–Crippen MR) is 51.1 cm³/mol. The van der Waals surface area contributed by atoms with E-state index in [0.717, 1.165) is 0 Å². The highest BCUT2D eigenvalue weighted by Gasteiger charge is 2.12. The zero-order chi connectivity index (χ0) is 10.7. The van der Waals surface area contributed by atoms with E-state index < -0.39 is 6.04 Å². The summed E-state index contributed by atoms with van der Waals surface area (Å²) in [6.07, 6.45) is 0. The molecule has 0 aliphatic rings. The van der Waals surface area contributed by atoms with Gasteiger partial charge in [0.25, 0.3) is 0 Å². The molecule has 1 rings (SSSR count). The Labute approximate surface area is 82.0 Å². The van der Waals surface area contributed by atoms with Crippen LogP contribution in [0.1, 0.15) is 22.7 Å². The van der Waals surface area contributed by atoms with Gasteiger partial charge >= 0.3 is 0 Å². The highest BCUT2D eigenvalue weighted by molar-refractivity contribution is 5.34. The molecule has 14 heavy (non-hydrogen) atoms. The standard InChI is InChI=1S/C10H14FNO2/c1-6-2-7(4-13)8(3-9(6)11)10(12)5-14/h2-3,10,13-14H,4-5,12H2,1H3. The number of hydrogen-bond donors (Lipinski definition) is 3. The Hall–Kier alpha value is -0.970. The van der Waals surface area contributed by atoms with Crippen molar-refractivity contribution in [1.29, 1.82) is 0 Å². The third-order valence-corrected chi connectivity index (χ3v) is 2.19. The van der Waals surface area contributed by atoms with Crippen molar-refractivity contribution in [3.8, 4) is 0 Å². The molecule has 0 spiro atoms. The van der Waals surface area contributed by atoms with Crippen LogP contribution in [0.5, 0.6) is 0 Å². The van der Waals surface area contributed by atoms with E-state index in [1.807, 2.05) is 0 Å². The molecule has 3 nitrogen and oxygen atoms in total. The molecule has 0 amide bonds. The minimum absolute atomic E-state index is 0.204. The second kappa shape index (κ2) is 4.50. The fourth-order valence-electron chi connectivity index (χ4n) is 1.34. The maximum atomic E-state index is 13.2. The maximum Gasteiger partial charge on any atom is 0.126 e. The molecule has 4 heteroatoms. The highest BCUT2D eigenvalue weighted by atomic mass is 19.1. The molecule has 1 aromatic rings. The minimum atomic E-state index is -0.646. The Morgan fingerprint density at radius 3 is 2.57 bits per heavy atom. The average Bonchev–Trinajstić information content (AvgIpc) is 2.20. The molecule has 0 saturated carbocycles. The number of aliphatic hydroxyl groups is 2. The second-order valence-electron chi connectivity index (χ2n) is 3.25. The van der Waals surface area contributed by atoms with Crippen LogP contribution in [0.2, 0.25) is 0 Å². The lowest BCUT2D eigenvalue weighted by molar-refractivity contribution is 0.258. The molecule has 1 unspecified atom stereocenters. The molecule has 78 valence electrons. The topological polar surface area (TPSA) is 66.5 Å². The summed E-state index contributed by atoms with van der Waals surface area (Å²) in [7, 11) is 0. The molecule has 0 aromatic heterocycles. The van der Waals surface area contributed by atoms with Gasteiger partial charge in [0.2, 0.25) is 0 Å². The minimum Gasteiger partial charge on any atom is -0.394 e. The summed E-state index contributed by atoms with van der Waals surface area (Å²) >= 11 is 0. The molecular weight excluding hydrogens is 185 g/mol. The Kier molecular flexibility index (Phi) is 3.57. The van der Waals surface area contributed by atoms with Crippen LogP contribution in [0.25, 0.3) is 0 Å². The van der Waals surface area contributed by atoms with Gasteiger partial charge in [0, 0.05) is 0 Å². The number of benzene rings is 1. The van der Waals surface area contributed by atoms with E-state index in [0.29, 0.717) is 16.7 Å². The van der Waals surface area contributed by atoms with Gasteiger partial charge in [-0.15, -0.1) is 0 Å². The van der Waals surface area contributed by atoms with E-state index in [1.54, 1.807) is 13.0 Å². The van der Waals surface area contributed by atoms with Crippen molar-refractivity contribution in [2.24, 2.45) is 5.73 Å². The summed E-state index contributed by atoms with van der Waals surface area (Å²) in [6, 6.07) is 2.16. The monoisotopic (exact) mass is 199 g/mol. The molecule has 0 fully saturated rings. The van der Waals surface area contributed by atoms with Crippen molar-refractivity contribution in [2.75, 3.05) is 6.61 Å². The van der Waals surface area contributed by atoms with Crippen molar-refractivity contribution in [3.05, 3.63) is 34.6 Å². The maximum absolute atomic E-state index is 13.2. The summed E-state index contributed by atoms with van der Waals surface area (Å²) in [6.45, 7) is 1.14. The van der Waals surface area contributed by atoms with Crippen LogP contribution in [0.4, 0.5) is 4.39 Å². The SMILES string of the molecule is Cc1cc(CO)c(C(N)CO)cc1F. The number of halogens is 1. The van der Waals surface area contributed by atoms with E-state index in [1.165, 1.54) is 6.07 Å². The van der Waals surface area contributed by atoms with E-state index in [9.17, 15) is 4.39 Å². The zero-order valence-electron chi connectivity index (χ0n) is 8.00. The first-order valence-corrected chi connectivity index (χ1v) is 4.36. The Bertz CT molecular complexity index is 328. The molecule has 0 aliphatic carbocycles. The van der Waals surface area contributed by atoms with Gasteiger partial charge in [0.15, 0.2) is 0 Å². The number of rotatable bonds is 3. The van der Waals surface area contributed by atoms with Crippen molar-refractivity contribution in [3.63, 3.8) is 0 Å². The molecule has 0 heterocycles. The molecule has 0 radical (unpaired) electrons. The smallest absolute Gasteiger partial charge is 0.126 e. The molecule has 4 N–H and O–H groups in total. The third-order valence-electron chi connectivity index (χ3n) is 2.19. The Morgan fingerprint density at radius 2 is 2.07 bits per heavy atom. The molecule has 0 aliphatic heterocycles. The Balaban J connectivity index is 3.19. The number of nitrogens with two attached hydrogens (primary N) is 1. The summed E-state index contributed by atoms with van der Waals surface area (Å²) in [5, 5.41) is 17.9. The van der Waals surface area contributed by atoms with Crippen LogP contribution >= 0.6 is 0 Å². The Morgan fingerprint density at radius 1 is 1.43 bits per heavy atom. The van der Waals surface area contributed by atoms with Crippen LogP contribution in [-0.2, 0) is 6.61 Å². The molecule has 1 atom stereocenters. The first-order valence-electron chi connectivity index (χ1n) is 4.36. The van der Waals surface area contributed by atoms with Gasteiger partial charge in [0.05, 0.1) is 19.3 Å². The highest BCUT2D eigenvalue weighted by Crippen LogP contribution is 2.20. The lowest BCUT2D eigenvalue weighted by Gasteiger charge is -2.14. The number of hydrogen-bond acceptors (Lipinski definition) is 3. The summed E-state index contributed by atoms with van der Waals surface area (Å²) < 4.78 is 13.2. The summed E-state index contributed by atoms with van der Waals surface area (Å²) in [5.41, 5.74) is 7.04. The first-order chi connectivity index (χ1) is 6.60. The van der Waals surface area contributed by atoms with E-state index in [2.05, 4.69) is 0 Å². The fraction of sp³-hybridized carbons (Fsp3) is 0.400. The van der Waals surface area contributed by atoms with E-state index in [4.69, 9.17) is 15.9 Å². The third kappa shape index (κ3) is 2.09.